The van der Waals surface area contributed by atoms with Gasteiger partial charge in [0.1, 0.15) is 0 Å². The van der Waals surface area contributed by atoms with Crippen molar-refractivity contribution in [3.8, 4) is 0 Å². The summed E-state index contributed by atoms with van der Waals surface area (Å²) < 4.78 is 0. The monoisotopic (exact) mass is 197 g/mol. The summed E-state index contributed by atoms with van der Waals surface area (Å²) >= 11 is 6.00. The van der Waals surface area contributed by atoms with Gasteiger partial charge in [-0.25, -0.2) is 0 Å². The van der Waals surface area contributed by atoms with Crippen LogP contribution in [-0.2, 0) is 12.8 Å². The minimum atomic E-state index is -0.771. The van der Waals surface area contributed by atoms with E-state index in [2.05, 4.69) is 0 Å². The fourth-order valence-electron chi connectivity index (χ4n) is 1.86. The van der Waals surface area contributed by atoms with Crippen LogP contribution in [0.2, 0.25) is 5.02 Å². The fraction of sp³-hybridized carbons (Fsp3) is 0.400. The van der Waals surface area contributed by atoms with Crippen molar-refractivity contribution in [2.24, 2.45) is 5.73 Å². The van der Waals surface area contributed by atoms with Crippen molar-refractivity contribution in [3.05, 3.63) is 34.3 Å². The van der Waals surface area contributed by atoms with Crippen LogP contribution in [0, 0.1) is 0 Å². The second-order valence-corrected chi connectivity index (χ2v) is 4.07. The van der Waals surface area contributed by atoms with Gasteiger partial charge in [0.05, 0.1) is 5.60 Å². The van der Waals surface area contributed by atoms with Crippen LogP contribution in [0.25, 0.3) is 0 Å². The number of aliphatic hydroxyl groups is 1. The van der Waals surface area contributed by atoms with Crippen LogP contribution >= 0.6 is 11.6 Å². The number of rotatable bonds is 1. The third-order valence-electron chi connectivity index (χ3n) is 2.62. The van der Waals surface area contributed by atoms with Crippen LogP contribution in [0.5, 0.6) is 0 Å². The highest BCUT2D eigenvalue weighted by Gasteiger charge is 2.34. The van der Waals surface area contributed by atoms with Gasteiger partial charge in [0.25, 0.3) is 0 Å². The van der Waals surface area contributed by atoms with Gasteiger partial charge in [0.15, 0.2) is 0 Å². The first-order valence-corrected chi connectivity index (χ1v) is 4.71. The van der Waals surface area contributed by atoms with Gasteiger partial charge in [0, 0.05) is 24.4 Å². The Bertz CT molecular complexity index is 340. The zero-order valence-corrected chi connectivity index (χ0v) is 8.01. The standard InChI is InChI=1S/C10H12ClNO/c11-9-3-1-2-7-4-10(13,6-12)5-8(7)9/h1-3,13H,4-6,12H2. The predicted molar refractivity (Wildman–Crippen MR) is 52.9 cm³/mol. The van der Waals surface area contributed by atoms with E-state index in [9.17, 15) is 5.11 Å². The zero-order chi connectivity index (χ0) is 9.47. The minimum Gasteiger partial charge on any atom is -0.388 e. The molecule has 1 aromatic rings. The molecule has 3 N–H and O–H groups in total. The first kappa shape index (κ1) is 9.00. The minimum absolute atomic E-state index is 0.290. The van der Waals surface area contributed by atoms with Crippen molar-refractivity contribution >= 4 is 11.6 Å². The molecule has 0 saturated heterocycles. The first-order chi connectivity index (χ1) is 6.14. The Hall–Kier alpha value is -0.570. The highest BCUT2D eigenvalue weighted by atomic mass is 35.5. The van der Waals surface area contributed by atoms with Crippen LogP contribution in [-0.4, -0.2) is 17.3 Å². The van der Waals surface area contributed by atoms with Gasteiger partial charge in [-0.05, 0) is 17.2 Å². The van der Waals surface area contributed by atoms with E-state index < -0.39 is 5.60 Å². The third kappa shape index (κ3) is 1.46. The van der Waals surface area contributed by atoms with E-state index in [1.165, 1.54) is 0 Å². The lowest BCUT2D eigenvalue weighted by Gasteiger charge is -2.18. The molecule has 0 spiro atoms. The predicted octanol–water partition coefficient (Wildman–Crippen LogP) is 1.13. The Morgan fingerprint density at radius 3 is 2.85 bits per heavy atom. The zero-order valence-electron chi connectivity index (χ0n) is 7.26. The summed E-state index contributed by atoms with van der Waals surface area (Å²) in [6, 6.07) is 5.75. The van der Waals surface area contributed by atoms with E-state index in [4.69, 9.17) is 17.3 Å². The molecule has 0 amide bonds. The average Bonchev–Trinajstić information content (AvgIpc) is 2.45. The molecule has 0 bridgehead atoms. The molecule has 1 atom stereocenters. The molecule has 0 saturated carbocycles. The molecule has 2 rings (SSSR count). The molecule has 1 unspecified atom stereocenters. The largest absolute Gasteiger partial charge is 0.388 e. The third-order valence-corrected chi connectivity index (χ3v) is 2.98. The first-order valence-electron chi connectivity index (χ1n) is 4.33. The lowest BCUT2D eigenvalue weighted by atomic mass is 10.0. The molecule has 0 aromatic heterocycles. The molecule has 1 aliphatic rings. The molecular formula is C10H12ClNO. The van der Waals surface area contributed by atoms with Crippen LogP contribution in [0.4, 0.5) is 0 Å². The Balaban J connectivity index is 2.40. The van der Waals surface area contributed by atoms with Crippen molar-refractivity contribution in [1.82, 2.24) is 0 Å². The van der Waals surface area contributed by atoms with Crippen molar-refractivity contribution in [2.45, 2.75) is 18.4 Å². The maximum Gasteiger partial charge on any atom is 0.0850 e. The SMILES string of the molecule is NCC1(O)Cc2cccc(Cl)c2C1. The number of hydrogen-bond donors (Lipinski definition) is 2. The number of hydrogen-bond acceptors (Lipinski definition) is 2. The second kappa shape index (κ2) is 2.98. The summed E-state index contributed by atoms with van der Waals surface area (Å²) in [7, 11) is 0. The summed E-state index contributed by atoms with van der Waals surface area (Å²) in [5, 5.41) is 10.7. The van der Waals surface area contributed by atoms with Gasteiger partial charge in [-0.1, -0.05) is 23.7 Å². The quantitative estimate of drug-likeness (QED) is 0.709. The Labute approximate surface area is 82.3 Å². The van der Waals surface area contributed by atoms with Crippen LogP contribution in [0.1, 0.15) is 11.1 Å². The summed E-state index contributed by atoms with van der Waals surface area (Å²) in [4.78, 5) is 0. The van der Waals surface area contributed by atoms with Crippen molar-refractivity contribution in [1.29, 1.82) is 0 Å². The van der Waals surface area contributed by atoms with Crippen molar-refractivity contribution in [3.63, 3.8) is 0 Å². The number of benzene rings is 1. The smallest absolute Gasteiger partial charge is 0.0850 e. The van der Waals surface area contributed by atoms with E-state index in [1.807, 2.05) is 18.2 Å². The van der Waals surface area contributed by atoms with Crippen LogP contribution < -0.4 is 5.73 Å². The van der Waals surface area contributed by atoms with Gasteiger partial charge in [-0.2, -0.15) is 0 Å². The lowest BCUT2D eigenvalue weighted by Crippen LogP contribution is -2.38. The Morgan fingerprint density at radius 2 is 2.23 bits per heavy atom. The molecule has 1 aliphatic carbocycles. The fourth-order valence-corrected chi connectivity index (χ4v) is 2.12. The topological polar surface area (TPSA) is 46.2 Å². The summed E-state index contributed by atoms with van der Waals surface area (Å²) in [6.45, 7) is 0.290. The van der Waals surface area contributed by atoms with E-state index in [1.54, 1.807) is 0 Å². The van der Waals surface area contributed by atoms with Crippen LogP contribution in [0.3, 0.4) is 0 Å². The van der Waals surface area contributed by atoms with Gasteiger partial charge >= 0.3 is 0 Å². The molecule has 0 fully saturated rings. The van der Waals surface area contributed by atoms with E-state index in [-0.39, 0.29) is 6.54 Å². The number of fused-ring (bicyclic) bond motifs is 1. The molecule has 0 radical (unpaired) electrons. The molecule has 0 heterocycles. The molecule has 0 aliphatic heterocycles. The Kier molecular flexibility index (Phi) is 2.06. The molecule has 13 heavy (non-hydrogen) atoms. The number of nitrogens with two attached hydrogens (primary N) is 1. The van der Waals surface area contributed by atoms with Gasteiger partial charge in [-0.3, -0.25) is 0 Å². The van der Waals surface area contributed by atoms with Gasteiger partial charge < -0.3 is 10.8 Å². The lowest BCUT2D eigenvalue weighted by molar-refractivity contribution is 0.0606. The van der Waals surface area contributed by atoms with Gasteiger partial charge in [-0.15, -0.1) is 0 Å². The average molecular weight is 198 g/mol. The van der Waals surface area contributed by atoms with Crippen LogP contribution in [0.15, 0.2) is 18.2 Å². The molecule has 2 nitrogen and oxygen atoms in total. The normalized spacial score (nSPS) is 26.1. The summed E-state index contributed by atoms with van der Waals surface area (Å²) in [5.41, 5.74) is 6.91. The maximum atomic E-state index is 9.96. The van der Waals surface area contributed by atoms with Crippen molar-refractivity contribution in [2.75, 3.05) is 6.54 Å². The molecule has 1 aromatic carbocycles. The highest BCUT2D eigenvalue weighted by molar-refractivity contribution is 6.31. The van der Waals surface area contributed by atoms with E-state index in [0.29, 0.717) is 12.8 Å². The molecular weight excluding hydrogens is 186 g/mol. The van der Waals surface area contributed by atoms with E-state index >= 15 is 0 Å². The van der Waals surface area contributed by atoms with Crippen molar-refractivity contribution < 1.29 is 5.11 Å². The summed E-state index contributed by atoms with van der Waals surface area (Å²) in [6.07, 6.45) is 1.21. The maximum absolute atomic E-state index is 9.96. The molecule has 3 heteroatoms. The highest BCUT2D eigenvalue weighted by Crippen LogP contribution is 2.33. The van der Waals surface area contributed by atoms with Gasteiger partial charge in [0.2, 0.25) is 0 Å². The number of halogens is 1. The Morgan fingerprint density at radius 1 is 1.46 bits per heavy atom. The van der Waals surface area contributed by atoms with E-state index in [0.717, 1.165) is 16.1 Å². The molecule has 70 valence electrons. The second-order valence-electron chi connectivity index (χ2n) is 3.66. The summed E-state index contributed by atoms with van der Waals surface area (Å²) in [5.74, 6) is 0.